The first-order chi connectivity index (χ1) is 9.56. The van der Waals surface area contributed by atoms with E-state index in [1.807, 2.05) is 19.1 Å². The maximum absolute atomic E-state index is 12.0. The topological polar surface area (TPSA) is 51.2 Å². The van der Waals surface area contributed by atoms with Crippen molar-refractivity contribution in [2.24, 2.45) is 11.8 Å². The van der Waals surface area contributed by atoms with Crippen LogP contribution in [-0.2, 0) is 16.0 Å². The number of rotatable bonds is 5. The molecule has 0 spiro atoms. The van der Waals surface area contributed by atoms with Gasteiger partial charge in [-0.05, 0) is 30.9 Å². The van der Waals surface area contributed by atoms with E-state index in [1.54, 1.807) is 6.20 Å². The van der Waals surface area contributed by atoms with Gasteiger partial charge in [0.15, 0.2) is 0 Å². The minimum Gasteiger partial charge on any atom is -0.378 e. The van der Waals surface area contributed by atoms with E-state index in [1.165, 1.54) is 0 Å². The van der Waals surface area contributed by atoms with Gasteiger partial charge in [-0.2, -0.15) is 0 Å². The smallest absolute Gasteiger partial charge is 0.224 e. The molecule has 1 fully saturated rings. The van der Waals surface area contributed by atoms with Crippen molar-refractivity contribution < 1.29 is 9.53 Å². The molecule has 4 nitrogen and oxygen atoms in total. The van der Waals surface area contributed by atoms with Crippen molar-refractivity contribution >= 4 is 5.91 Å². The first kappa shape index (κ1) is 15.0. The Labute approximate surface area is 120 Å². The lowest BCUT2D eigenvalue weighted by Gasteiger charge is -2.22. The van der Waals surface area contributed by atoms with Crippen molar-refractivity contribution in [2.75, 3.05) is 13.2 Å². The summed E-state index contributed by atoms with van der Waals surface area (Å²) in [5.74, 6) is 1.00. The molecule has 0 aromatic carbocycles. The minimum absolute atomic E-state index is 0.0602. The summed E-state index contributed by atoms with van der Waals surface area (Å²) in [6.45, 7) is 7.80. The average Bonchev–Trinajstić information content (AvgIpc) is 2.88. The molecule has 2 rings (SSSR count). The van der Waals surface area contributed by atoms with Gasteiger partial charge in [0, 0.05) is 31.0 Å². The highest BCUT2D eigenvalue weighted by Crippen LogP contribution is 2.26. The third-order valence-corrected chi connectivity index (χ3v) is 3.82. The number of nitrogens with zero attached hydrogens (tertiary/aromatic N) is 1. The number of pyridine rings is 1. The molecule has 1 amide bonds. The summed E-state index contributed by atoms with van der Waals surface area (Å²) >= 11 is 0. The van der Waals surface area contributed by atoms with Crippen LogP contribution in [0.1, 0.15) is 31.5 Å². The zero-order valence-electron chi connectivity index (χ0n) is 12.6. The van der Waals surface area contributed by atoms with Crippen LogP contribution < -0.4 is 5.32 Å². The van der Waals surface area contributed by atoms with Gasteiger partial charge in [0.05, 0.1) is 12.5 Å². The van der Waals surface area contributed by atoms with Crippen LogP contribution in [0.5, 0.6) is 0 Å². The number of hydrogen-bond donors (Lipinski definition) is 1. The van der Waals surface area contributed by atoms with E-state index < -0.39 is 0 Å². The molecule has 0 radical (unpaired) electrons. The second kappa shape index (κ2) is 6.84. The first-order valence-corrected chi connectivity index (χ1v) is 7.36. The fraction of sp³-hybridized carbons (Fsp3) is 0.625. The van der Waals surface area contributed by atoms with Crippen LogP contribution in [0.4, 0.5) is 0 Å². The molecule has 0 aliphatic carbocycles. The highest BCUT2D eigenvalue weighted by atomic mass is 16.5. The number of nitrogens with one attached hydrogen (secondary N) is 1. The van der Waals surface area contributed by atoms with Crippen molar-refractivity contribution in [3.8, 4) is 0 Å². The van der Waals surface area contributed by atoms with Gasteiger partial charge in [-0.25, -0.2) is 0 Å². The molecule has 110 valence electrons. The summed E-state index contributed by atoms with van der Waals surface area (Å²) in [7, 11) is 0. The van der Waals surface area contributed by atoms with Crippen molar-refractivity contribution in [3.05, 3.63) is 29.6 Å². The maximum atomic E-state index is 12.0. The van der Waals surface area contributed by atoms with E-state index >= 15 is 0 Å². The molecular weight excluding hydrogens is 252 g/mol. The van der Waals surface area contributed by atoms with E-state index in [2.05, 4.69) is 24.1 Å². The number of aryl methyl sites for hydroxylation is 1. The lowest BCUT2D eigenvalue weighted by molar-refractivity contribution is -0.120. The van der Waals surface area contributed by atoms with Gasteiger partial charge in [0.1, 0.15) is 0 Å². The quantitative estimate of drug-likeness (QED) is 0.896. The Morgan fingerprint density at radius 2 is 2.30 bits per heavy atom. The maximum Gasteiger partial charge on any atom is 0.224 e. The van der Waals surface area contributed by atoms with Crippen molar-refractivity contribution in [3.63, 3.8) is 0 Å². The Balaban J connectivity index is 1.79. The van der Waals surface area contributed by atoms with Gasteiger partial charge in [-0.15, -0.1) is 0 Å². The molecule has 0 bridgehead atoms. The van der Waals surface area contributed by atoms with E-state index in [9.17, 15) is 4.79 Å². The SMILES string of the molecule is Cc1ccc(CC(=O)NC[C@H]2CCO[C@H]2C(C)C)cn1. The van der Waals surface area contributed by atoms with Crippen molar-refractivity contribution in [2.45, 2.75) is 39.7 Å². The Morgan fingerprint density at radius 3 is 2.95 bits per heavy atom. The molecule has 1 saturated heterocycles. The Hall–Kier alpha value is -1.42. The van der Waals surface area contributed by atoms with Crippen molar-refractivity contribution in [1.29, 1.82) is 0 Å². The minimum atomic E-state index is 0.0602. The van der Waals surface area contributed by atoms with E-state index in [0.29, 0.717) is 24.8 Å². The molecule has 0 saturated carbocycles. The fourth-order valence-electron chi connectivity index (χ4n) is 2.71. The highest BCUT2D eigenvalue weighted by molar-refractivity contribution is 5.78. The highest BCUT2D eigenvalue weighted by Gasteiger charge is 2.30. The molecule has 1 N–H and O–H groups in total. The molecule has 4 heteroatoms. The Kier molecular flexibility index (Phi) is 5.12. The number of ether oxygens (including phenoxy) is 1. The third kappa shape index (κ3) is 4.04. The van der Waals surface area contributed by atoms with Crippen LogP contribution in [0.25, 0.3) is 0 Å². The predicted octanol–water partition coefficient (Wildman–Crippen LogP) is 2.11. The van der Waals surface area contributed by atoms with Crippen LogP contribution in [0.15, 0.2) is 18.3 Å². The lowest BCUT2D eigenvalue weighted by Crippen LogP contribution is -2.35. The van der Waals surface area contributed by atoms with Gasteiger partial charge in [0.2, 0.25) is 5.91 Å². The summed E-state index contributed by atoms with van der Waals surface area (Å²) in [5.41, 5.74) is 1.92. The van der Waals surface area contributed by atoms with Crippen LogP contribution in [0.2, 0.25) is 0 Å². The largest absolute Gasteiger partial charge is 0.378 e. The summed E-state index contributed by atoms with van der Waals surface area (Å²) < 4.78 is 5.73. The Bertz CT molecular complexity index is 442. The number of carbonyl (C=O) groups excluding carboxylic acids is 1. The molecule has 1 aromatic heterocycles. The molecule has 20 heavy (non-hydrogen) atoms. The molecule has 2 atom stereocenters. The second-order valence-electron chi connectivity index (χ2n) is 5.92. The summed E-state index contributed by atoms with van der Waals surface area (Å²) in [6, 6.07) is 3.89. The van der Waals surface area contributed by atoms with E-state index in [-0.39, 0.29) is 12.0 Å². The molecule has 1 aromatic rings. The lowest BCUT2D eigenvalue weighted by atomic mass is 9.93. The summed E-state index contributed by atoms with van der Waals surface area (Å²) in [4.78, 5) is 16.2. The average molecular weight is 276 g/mol. The van der Waals surface area contributed by atoms with Crippen LogP contribution >= 0.6 is 0 Å². The van der Waals surface area contributed by atoms with Gasteiger partial charge in [0.25, 0.3) is 0 Å². The number of hydrogen-bond acceptors (Lipinski definition) is 3. The van der Waals surface area contributed by atoms with E-state index in [0.717, 1.165) is 24.3 Å². The van der Waals surface area contributed by atoms with Gasteiger partial charge < -0.3 is 10.1 Å². The summed E-state index contributed by atoms with van der Waals surface area (Å²) in [6.07, 6.45) is 3.48. The predicted molar refractivity (Wildman–Crippen MR) is 78.4 cm³/mol. The van der Waals surface area contributed by atoms with Gasteiger partial charge >= 0.3 is 0 Å². The zero-order valence-corrected chi connectivity index (χ0v) is 12.6. The number of carbonyl (C=O) groups is 1. The molecule has 2 heterocycles. The molecular formula is C16H24N2O2. The Morgan fingerprint density at radius 1 is 1.50 bits per heavy atom. The zero-order chi connectivity index (χ0) is 14.5. The molecule has 1 aliphatic heterocycles. The van der Waals surface area contributed by atoms with Crippen molar-refractivity contribution in [1.82, 2.24) is 10.3 Å². The second-order valence-corrected chi connectivity index (χ2v) is 5.92. The van der Waals surface area contributed by atoms with Crippen LogP contribution in [-0.4, -0.2) is 30.1 Å². The van der Waals surface area contributed by atoms with E-state index in [4.69, 9.17) is 4.74 Å². The monoisotopic (exact) mass is 276 g/mol. The molecule has 0 unspecified atom stereocenters. The van der Waals surface area contributed by atoms with Crippen LogP contribution in [0, 0.1) is 18.8 Å². The molecule has 1 aliphatic rings. The third-order valence-electron chi connectivity index (χ3n) is 3.82. The fourth-order valence-corrected chi connectivity index (χ4v) is 2.71. The normalized spacial score (nSPS) is 22.2. The van der Waals surface area contributed by atoms with Gasteiger partial charge in [-0.1, -0.05) is 19.9 Å². The van der Waals surface area contributed by atoms with Crippen LogP contribution in [0.3, 0.4) is 0 Å². The number of amides is 1. The summed E-state index contributed by atoms with van der Waals surface area (Å²) in [5, 5.41) is 3.03. The first-order valence-electron chi connectivity index (χ1n) is 7.36. The standard InChI is InChI=1S/C16H24N2O2/c1-11(2)16-14(6-7-20-16)10-18-15(19)8-13-5-4-12(3)17-9-13/h4-5,9,11,14,16H,6-8,10H2,1-3H3,(H,18,19)/t14-,16+/m1/s1. The number of aromatic nitrogens is 1. The van der Waals surface area contributed by atoms with Gasteiger partial charge in [-0.3, -0.25) is 9.78 Å².